The minimum atomic E-state index is 0. The van der Waals surface area contributed by atoms with Crippen LogP contribution in [0, 0.1) is 0 Å². The first-order valence-corrected chi connectivity index (χ1v) is 4.71. The van der Waals surface area contributed by atoms with Crippen molar-refractivity contribution in [2.24, 2.45) is 5.73 Å². The number of rotatable bonds is 1. The number of aryl methyl sites for hydroxylation is 1. The van der Waals surface area contributed by atoms with Crippen LogP contribution in [0.1, 0.15) is 17.5 Å². The third-order valence-electron chi connectivity index (χ3n) is 2.68. The number of ether oxygens (including phenoxy) is 1. The zero-order chi connectivity index (χ0) is 9.26. The molecule has 1 aliphatic carbocycles. The van der Waals surface area contributed by atoms with Crippen molar-refractivity contribution in [2.75, 3.05) is 7.11 Å². The Kier molecular flexibility index (Phi) is 3.78. The van der Waals surface area contributed by atoms with Crippen LogP contribution >= 0.6 is 12.4 Å². The monoisotopic (exact) mass is 213 g/mol. The average molecular weight is 214 g/mol. The molecule has 14 heavy (non-hydrogen) atoms. The summed E-state index contributed by atoms with van der Waals surface area (Å²) in [6.07, 6.45) is 3.21. The lowest BCUT2D eigenvalue weighted by Gasteiger charge is -2.21. The second-order valence-corrected chi connectivity index (χ2v) is 3.64. The van der Waals surface area contributed by atoms with Gasteiger partial charge in [-0.2, -0.15) is 0 Å². The molecule has 1 aromatic rings. The van der Waals surface area contributed by atoms with Crippen molar-refractivity contribution in [3.63, 3.8) is 0 Å². The Balaban J connectivity index is 0.000000980. The number of fused-ring (bicyclic) bond motifs is 1. The van der Waals surface area contributed by atoms with Gasteiger partial charge in [-0.3, -0.25) is 0 Å². The number of hydrogen-bond donors (Lipinski definition) is 1. The first-order valence-electron chi connectivity index (χ1n) is 4.71. The van der Waals surface area contributed by atoms with E-state index in [0.717, 1.165) is 25.0 Å². The fourth-order valence-electron chi connectivity index (χ4n) is 1.89. The van der Waals surface area contributed by atoms with Gasteiger partial charge in [0.15, 0.2) is 0 Å². The Morgan fingerprint density at radius 3 is 2.86 bits per heavy atom. The number of hydrogen-bond acceptors (Lipinski definition) is 2. The first kappa shape index (κ1) is 11.3. The molecule has 0 amide bonds. The topological polar surface area (TPSA) is 35.2 Å². The van der Waals surface area contributed by atoms with E-state index >= 15 is 0 Å². The van der Waals surface area contributed by atoms with E-state index in [4.69, 9.17) is 10.5 Å². The highest BCUT2D eigenvalue weighted by molar-refractivity contribution is 5.85. The van der Waals surface area contributed by atoms with Gasteiger partial charge in [-0.1, -0.05) is 6.07 Å². The maximum Gasteiger partial charge on any atom is 0.119 e. The number of benzene rings is 1. The lowest BCUT2D eigenvalue weighted by Crippen LogP contribution is -2.27. The van der Waals surface area contributed by atoms with E-state index in [9.17, 15) is 0 Å². The van der Waals surface area contributed by atoms with Crippen LogP contribution in [0.4, 0.5) is 0 Å². The molecule has 2 N–H and O–H groups in total. The molecule has 1 aliphatic rings. The Hall–Kier alpha value is -0.730. The van der Waals surface area contributed by atoms with Gasteiger partial charge in [0.1, 0.15) is 5.75 Å². The molecule has 0 heterocycles. The largest absolute Gasteiger partial charge is 0.497 e. The van der Waals surface area contributed by atoms with Crippen LogP contribution in [-0.2, 0) is 12.8 Å². The third-order valence-corrected chi connectivity index (χ3v) is 2.68. The molecule has 0 aromatic heterocycles. The van der Waals surface area contributed by atoms with Crippen molar-refractivity contribution in [2.45, 2.75) is 25.3 Å². The van der Waals surface area contributed by atoms with Crippen LogP contribution in [0.15, 0.2) is 18.2 Å². The lowest BCUT2D eigenvalue weighted by atomic mass is 9.89. The Bertz CT molecular complexity index is 314. The molecule has 0 saturated carbocycles. The number of nitrogens with two attached hydrogens (primary N) is 1. The minimum absolute atomic E-state index is 0. The van der Waals surface area contributed by atoms with Gasteiger partial charge >= 0.3 is 0 Å². The quantitative estimate of drug-likeness (QED) is 0.774. The summed E-state index contributed by atoms with van der Waals surface area (Å²) in [6, 6.07) is 6.61. The molecule has 0 aliphatic heterocycles. The highest BCUT2D eigenvalue weighted by Crippen LogP contribution is 2.24. The van der Waals surface area contributed by atoms with Crippen molar-refractivity contribution in [1.29, 1.82) is 0 Å². The van der Waals surface area contributed by atoms with Crippen LogP contribution in [0.3, 0.4) is 0 Å². The zero-order valence-corrected chi connectivity index (χ0v) is 9.14. The smallest absolute Gasteiger partial charge is 0.119 e. The molecule has 1 aromatic carbocycles. The number of halogens is 1. The summed E-state index contributed by atoms with van der Waals surface area (Å²) in [5.41, 5.74) is 8.69. The molecule has 0 spiro atoms. The van der Waals surface area contributed by atoms with Gasteiger partial charge in [0.25, 0.3) is 0 Å². The van der Waals surface area contributed by atoms with E-state index in [2.05, 4.69) is 12.1 Å². The van der Waals surface area contributed by atoms with Crippen LogP contribution < -0.4 is 10.5 Å². The summed E-state index contributed by atoms with van der Waals surface area (Å²) in [7, 11) is 1.70. The van der Waals surface area contributed by atoms with Crippen LogP contribution in [-0.4, -0.2) is 13.2 Å². The van der Waals surface area contributed by atoms with Crippen molar-refractivity contribution in [3.8, 4) is 5.75 Å². The molecule has 0 saturated heterocycles. The van der Waals surface area contributed by atoms with E-state index < -0.39 is 0 Å². The van der Waals surface area contributed by atoms with Gasteiger partial charge in [0, 0.05) is 6.04 Å². The first-order chi connectivity index (χ1) is 6.29. The molecule has 0 fully saturated rings. The summed E-state index contributed by atoms with van der Waals surface area (Å²) in [5, 5.41) is 0. The van der Waals surface area contributed by atoms with Crippen LogP contribution in [0.5, 0.6) is 5.75 Å². The van der Waals surface area contributed by atoms with Gasteiger partial charge < -0.3 is 10.5 Å². The highest BCUT2D eigenvalue weighted by atomic mass is 35.5. The second kappa shape index (κ2) is 4.67. The predicted molar refractivity (Wildman–Crippen MR) is 60.2 cm³/mol. The molecular formula is C11H16ClNO. The lowest BCUT2D eigenvalue weighted by molar-refractivity contribution is 0.413. The standard InChI is InChI=1S/C11H15NO.ClH/c1-13-11-5-3-8-2-4-10(12)6-9(8)7-11;/h3,5,7,10H,2,4,6,12H2,1H3;1H. The van der Waals surface area contributed by atoms with Crippen molar-refractivity contribution < 1.29 is 4.74 Å². The summed E-state index contributed by atoms with van der Waals surface area (Å²) in [6.45, 7) is 0. The van der Waals surface area contributed by atoms with Gasteiger partial charge in [0.2, 0.25) is 0 Å². The normalized spacial score (nSPS) is 19.4. The van der Waals surface area contributed by atoms with Crippen LogP contribution in [0.2, 0.25) is 0 Å². The zero-order valence-electron chi connectivity index (χ0n) is 8.32. The minimum Gasteiger partial charge on any atom is -0.497 e. The molecule has 2 rings (SSSR count). The van der Waals surface area contributed by atoms with Crippen molar-refractivity contribution >= 4 is 12.4 Å². The average Bonchev–Trinajstić information content (AvgIpc) is 2.16. The molecule has 1 unspecified atom stereocenters. The predicted octanol–water partition coefficient (Wildman–Crippen LogP) is 1.93. The Labute approximate surface area is 90.9 Å². The third kappa shape index (κ3) is 2.20. The van der Waals surface area contributed by atoms with Crippen molar-refractivity contribution in [1.82, 2.24) is 0 Å². The van der Waals surface area contributed by atoms with Crippen LogP contribution in [0.25, 0.3) is 0 Å². The summed E-state index contributed by atoms with van der Waals surface area (Å²) < 4.78 is 5.17. The van der Waals surface area contributed by atoms with Gasteiger partial charge in [0.05, 0.1) is 7.11 Å². The summed E-state index contributed by atoms with van der Waals surface area (Å²) in [4.78, 5) is 0. The van der Waals surface area contributed by atoms with Gasteiger partial charge in [-0.15, -0.1) is 12.4 Å². The maximum absolute atomic E-state index is 5.90. The molecule has 2 nitrogen and oxygen atoms in total. The van der Waals surface area contributed by atoms with Gasteiger partial charge in [-0.25, -0.2) is 0 Å². The molecule has 0 radical (unpaired) electrons. The molecule has 3 heteroatoms. The summed E-state index contributed by atoms with van der Waals surface area (Å²) >= 11 is 0. The highest BCUT2D eigenvalue weighted by Gasteiger charge is 2.15. The van der Waals surface area contributed by atoms with Gasteiger partial charge in [-0.05, 0) is 42.5 Å². The fourth-order valence-corrected chi connectivity index (χ4v) is 1.89. The molecule has 1 atom stereocenters. The van der Waals surface area contributed by atoms with E-state index in [0.29, 0.717) is 6.04 Å². The van der Waals surface area contributed by atoms with E-state index in [-0.39, 0.29) is 12.4 Å². The maximum atomic E-state index is 5.90. The van der Waals surface area contributed by atoms with E-state index in [1.165, 1.54) is 11.1 Å². The Morgan fingerprint density at radius 1 is 1.36 bits per heavy atom. The SMILES string of the molecule is COc1ccc2c(c1)CC(N)CC2.Cl. The van der Waals surface area contributed by atoms with E-state index in [1.54, 1.807) is 7.11 Å². The molecule has 78 valence electrons. The molecular weight excluding hydrogens is 198 g/mol. The Morgan fingerprint density at radius 2 is 2.14 bits per heavy atom. The van der Waals surface area contributed by atoms with E-state index in [1.807, 2.05) is 6.07 Å². The van der Waals surface area contributed by atoms with Crippen molar-refractivity contribution in [3.05, 3.63) is 29.3 Å². The fraction of sp³-hybridized carbons (Fsp3) is 0.455. The summed E-state index contributed by atoms with van der Waals surface area (Å²) in [5.74, 6) is 0.938. The number of methoxy groups -OCH3 is 1. The second-order valence-electron chi connectivity index (χ2n) is 3.64. The molecule has 0 bridgehead atoms.